The van der Waals surface area contributed by atoms with E-state index in [1.165, 1.54) is 7.11 Å². The number of benzene rings is 1. The van der Waals surface area contributed by atoms with Gasteiger partial charge in [0.25, 0.3) is 0 Å². The number of esters is 1. The normalized spacial score (nSPS) is 15.0. The third kappa shape index (κ3) is 10.4. The van der Waals surface area contributed by atoms with Gasteiger partial charge in [0.2, 0.25) is 0 Å². The van der Waals surface area contributed by atoms with Crippen molar-refractivity contribution < 1.29 is 19.7 Å². The highest BCUT2D eigenvalue weighted by Crippen LogP contribution is 2.16. The van der Waals surface area contributed by atoms with Gasteiger partial charge < -0.3 is 19.7 Å². The lowest BCUT2D eigenvalue weighted by Gasteiger charge is -2.14. The van der Waals surface area contributed by atoms with Gasteiger partial charge in [0, 0.05) is 5.92 Å². The summed E-state index contributed by atoms with van der Waals surface area (Å²) in [5.74, 6) is 0.0278. The lowest BCUT2D eigenvalue weighted by molar-refractivity contribution is 0.126. The molecule has 0 radical (unpaired) electrons. The lowest BCUT2D eigenvalue weighted by atomic mass is 9.98. The van der Waals surface area contributed by atoms with Crippen LogP contribution in [-0.2, 0) is 4.74 Å². The van der Waals surface area contributed by atoms with E-state index in [0.717, 1.165) is 36.8 Å². The maximum absolute atomic E-state index is 10.2. The maximum atomic E-state index is 10.2. The molecule has 28 heavy (non-hydrogen) atoms. The minimum absolute atomic E-state index is 0.00995. The fourth-order valence-corrected chi connectivity index (χ4v) is 2.91. The Balaban J connectivity index is 2.52. The van der Waals surface area contributed by atoms with Gasteiger partial charge >= 0.3 is 5.97 Å². The average Bonchev–Trinajstić information content (AvgIpc) is 2.70. The Labute approximate surface area is 169 Å². The molecule has 0 spiro atoms. The predicted octanol–water partition coefficient (Wildman–Crippen LogP) is 4.97. The molecule has 156 valence electrons. The first-order valence-electron chi connectivity index (χ1n) is 10.4. The van der Waals surface area contributed by atoms with E-state index in [1.807, 2.05) is 49.4 Å². The molecule has 1 aromatic rings. The molecule has 0 saturated heterocycles. The van der Waals surface area contributed by atoms with Crippen LogP contribution in [0.4, 0.5) is 0 Å². The number of unbranched alkanes of at least 4 members (excludes halogenated alkanes) is 2. The molecule has 0 saturated carbocycles. The fraction of sp³-hybridized carbons (Fsp3) is 0.542. The van der Waals surface area contributed by atoms with Crippen LogP contribution in [0.5, 0.6) is 0 Å². The predicted molar refractivity (Wildman–Crippen MR) is 118 cm³/mol. The molecule has 4 nitrogen and oxygen atoms in total. The second-order valence-corrected chi connectivity index (χ2v) is 7.37. The van der Waals surface area contributed by atoms with Crippen LogP contribution in [-0.4, -0.2) is 40.3 Å². The minimum atomic E-state index is -0.456. The quantitative estimate of drug-likeness (QED) is 0.284. The first-order valence-corrected chi connectivity index (χ1v) is 10.4. The van der Waals surface area contributed by atoms with E-state index in [1.54, 1.807) is 0 Å². The number of hydrogen-bond donors (Lipinski definition) is 2. The van der Waals surface area contributed by atoms with Crippen LogP contribution in [0, 0.1) is 5.92 Å². The number of ether oxygens (including phenoxy) is 1. The Morgan fingerprint density at radius 2 is 1.75 bits per heavy atom. The van der Waals surface area contributed by atoms with Gasteiger partial charge in [-0.1, -0.05) is 75.6 Å². The molecular weight excluding hydrogens is 352 g/mol. The molecule has 1 rings (SSSR count). The smallest absolute Gasteiger partial charge is 0.393 e. The monoisotopic (exact) mass is 389 g/mol. The number of rotatable bonds is 13. The van der Waals surface area contributed by atoms with E-state index in [2.05, 4.69) is 13.0 Å². The fourth-order valence-electron chi connectivity index (χ4n) is 2.91. The zero-order chi connectivity index (χ0) is 20.8. The summed E-state index contributed by atoms with van der Waals surface area (Å²) in [7, 11) is 1.44. The van der Waals surface area contributed by atoms with Gasteiger partial charge in [0.05, 0.1) is 12.2 Å². The molecule has 0 bridgehead atoms. The van der Waals surface area contributed by atoms with Crippen molar-refractivity contribution in [1.82, 2.24) is 0 Å². The maximum Gasteiger partial charge on any atom is 0.482 e. The third-order valence-electron chi connectivity index (χ3n) is 4.85. The van der Waals surface area contributed by atoms with Gasteiger partial charge in [-0.25, -0.2) is 0 Å². The molecule has 0 aromatic heterocycles. The van der Waals surface area contributed by atoms with Crippen LogP contribution in [0.1, 0.15) is 69.9 Å². The SMILES string of the molecule is CCCCC[C@@H](O)/C=C/c1cccc(/C=C/[C@@H](C)[C@H](O)CCCC(=[OH+])OC)c1. The van der Waals surface area contributed by atoms with Crippen molar-refractivity contribution in [2.45, 2.75) is 71.0 Å². The first-order chi connectivity index (χ1) is 13.5. The molecule has 4 heteroatoms. The van der Waals surface area contributed by atoms with Crippen molar-refractivity contribution in [3.8, 4) is 0 Å². The van der Waals surface area contributed by atoms with E-state index in [0.29, 0.717) is 19.3 Å². The molecule has 0 amide bonds. The molecule has 0 unspecified atom stereocenters. The Bertz CT molecular complexity index is 621. The van der Waals surface area contributed by atoms with E-state index >= 15 is 0 Å². The summed E-state index contributed by atoms with van der Waals surface area (Å²) in [5.41, 5.74) is 2.11. The van der Waals surface area contributed by atoms with Crippen LogP contribution in [0.15, 0.2) is 36.4 Å². The second-order valence-electron chi connectivity index (χ2n) is 7.37. The van der Waals surface area contributed by atoms with Crippen LogP contribution in [0.3, 0.4) is 0 Å². The topological polar surface area (TPSA) is 71.1 Å². The van der Waals surface area contributed by atoms with Crippen molar-refractivity contribution in [2.24, 2.45) is 5.92 Å². The van der Waals surface area contributed by atoms with Crippen molar-refractivity contribution >= 4 is 18.1 Å². The molecule has 0 heterocycles. The van der Waals surface area contributed by atoms with E-state index in [9.17, 15) is 15.0 Å². The molecule has 0 aliphatic rings. The van der Waals surface area contributed by atoms with Gasteiger partial charge in [0.15, 0.2) is 7.11 Å². The van der Waals surface area contributed by atoms with Crippen LogP contribution in [0.2, 0.25) is 0 Å². The molecule has 3 atom stereocenters. The summed E-state index contributed by atoms with van der Waals surface area (Å²) in [6.07, 6.45) is 12.9. The average molecular weight is 390 g/mol. The zero-order valence-corrected chi connectivity index (χ0v) is 17.6. The summed E-state index contributed by atoms with van der Waals surface area (Å²) in [5, 5.41) is 20.3. The van der Waals surface area contributed by atoms with Crippen molar-refractivity contribution in [3.63, 3.8) is 0 Å². The zero-order valence-electron chi connectivity index (χ0n) is 17.6. The summed E-state index contributed by atoms with van der Waals surface area (Å²) < 4.78 is 4.72. The summed E-state index contributed by atoms with van der Waals surface area (Å²) in [4.78, 5) is 9.30. The van der Waals surface area contributed by atoms with E-state index < -0.39 is 12.2 Å². The number of hydrogen-bond acceptors (Lipinski definition) is 3. The van der Waals surface area contributed by atoms with Gasteiger partial charge in [-0.3, -0.25) is 0 Å². The third-order valence-corrected chi connectivity index (χ3v) is 4.85. The molecule has 1 aromatic carbocycles. The van der Waals surface area contributed by atoms with Gasteiger partial charge in [-0.2, -0.15) is 0 Å². The summed E-state index contributed by atoms with van der Waals surface area (Å²) in [6, 6.07) is 8.10. The Hall–Kier alpha value is -1.91. The van der Waals surface area contributed by atoms with Gasteiger partial charge in [-0.15, -0.1) is 0 Å². The van der Waals surface area contributed by atoms with Crippen molar-refractivity contribution in [2.75, 3.05) is 7.11 Å². The van der Waals surface area contributed by atoms with E-state index in [-0.39, 0.29) is 11.9 Å². The highest BCUT2D eigenvalue weighted by atomic mass is 16.5. The number of aliphatic hydroxyl groups excluding tert-OH is 2. The Kier molecular flexibility index (Phi) is 12.2. The molecule has 3 N–H and O–H groups in total. The van der Waals surface area contributed by atoms with Crippen molar-refractivity contribution in [1.29, 1.82) is 0 Å². The summed E-state index contributed by atoms with van der Waals surface area (Å²) in [6.45, 7) is 4.14. The molecular formula is C24H37O4+. The number of aliphatic hydroxyl groups is 2. The largest absolute Gasteiger partial charge is 0.482 e. The minimum Gasteiger partial charge on any atom is -0.393 e. The lowest BCUT2D eigenvalue weighted by Crippen LogP contribution is -2.16. The molecule has 0 aliphatic carbocycles. The van der Waals surface area contributed by atoms with Crippen LogP contribution in [0.25, 0.3) is 12.2 Å². The van der Waals surface area contributed by atoms with Gasteiger partial charge in [-0.05, 0) is 36.5 Å². The highest BCUT2D eigenvalue weighted by Gasteiger charge is 2.14. The van der Waals surface area contributed by atoms with Crippen molar-refractivity contribution in [3.05, 3.63) is 47.5 Å². The Morgan fingerprint density at radius 1 is 1.07 bits per heavy atom. The Morgan fingerprint density at radius 3 is 2.39 bits per heavy atom. The standard InChI is InChI=1S/C24H36O4/c1-4-5-6-11-22(25)17-16-21-10-7-9-20(18-21)15-14-19(2)23(26)12-8-13-24(27)28-3/h7,9-10,14-19,22-23,25-26H,4-6,8,11-13H2,1-3H3/p+1/b15-14+,17-16+/t19-,22-,23-/m1/s1. The van der Waals surface area contributed by atoms with Crippen LogP contribution < -0.4 is 0 Å². The second kappa shape index (κ2) is 14.1. The summed E-state index contributed by atoms with van der Waals surface area (Å²) >= 11 is 0. The highest BCUT2D eigenvalue weighted by molar-refractivity contribution is 5.70. The molecule has 0 aliphatic heterocycles. The number of carbonyl (C=O) groups excluding carboxylic acids is 1. The number of methoxy groups -OCH3 is 1. The first kappa shape index (κ1) is 24.1. The van der Waals surface area contributed by atoms with Gasteiger partial charge in [0.1, 0.15) is 6.42 Å². The van der Waals surface area contributed by atoms with Crippen LogP contribution >= 0.6 is 0 Å². The molecule has 0 fully saturated rings. The van der Waals surface area contributed by atoms with E-state index in [4.69, 9.17) is 4.74 Å².